The zero-order chi connectivity index (χ0) is 11.6. The Hall–Kier alpha value is -1.40. The van der Waals surface area contributed by atoms with Crippen molar-refractivity contribution in [3.63, 3.8) is 0 Å². The van der Waals surface area contributed by atoms with Crippen LogP contribution in [0.15, 0.2) is 12.3 Å². The lowest BCUT2D eigenvalue weighted by atomic mass is 10.2. The molecule has 0 saturated heterocycles. The molecule has 15 heavy (non-hydrogen) atoms. The highest BCUT2D eigenvalue weighted by atomic mass is 19.4. The van der Waals surface area contributed by atoms with E-state index in [2.05, 4.69) is 9.72 Å². The van der Waals surface area contributed by atoms with E-state index in [0.29, 0.717) is 6.20 Å². The molecule has 0 aromatic carbocycles. The maximum absolute atomic E-state index is 12.3. The van der Waals surface area contributed by atoms with Gasteiger partial charge >= 0.3 is 6.18 Å². The minimum absolute atomic E-state index is 0.673. The third kappa shape index (κ3) is 2.34. The zero-order valence-electron chi connectivity index (χ0n) is 7.48. The molecular weight excluding hydrogens is 221 g/mol. The normalized spacial score (nSPS) is 11.9. The van der Waals surface area contributed by atoms with E-state index < -0.39 is 29.6 Å². The van der Waals surface area contributed by atoms with Crippen molar-refractivity contribution >= 4 is 0 Å². The Bertz CT molecular complexity index is 349. The molecule has 1 rings (SSSR count). The number of pyridine rings is 1. The van der Waals surface area contributed by atoms with Crippen molar-refractivity contribution in [3.8, 4) is 5.75 Å². The molecule has 0 saturated carbocycles. The van der Waals surface area contributed by atoms with Gasteiger partial charge in [0.1, 0.15) is 0 Å². The molecule has 1 aromatic heterocycles. The number of hydrogen-bond donors (Lipinski definition) is 0. The molecule has 0 aliphatic carbocycles. The van der Waals surface area contributed by atoms with Gasteiger partial charge in [-0.1, -0.05) is 0 Å². The number of ether oxygens (including phenoxy) is 1. The van der Waals surface area contributed by atoms with Crippen molar-refractivity contribution in [1.29, 1.82) is 0 Å². The van der Waals surface area contributed by atoms with Crippen LogP contribution in [-0.2, 0) is 6.18 Å². The Morgan fingerprint density at radius 3 is 2.33 bits per heavy atom. The van der Waals surface area contributed by atoms with Crippen LogP contribution in [0.5, 0.6) is 5.75 Å². The molecule has 0 unspecified atom stereocenters. The first-order valence-electron chi connectivity index (χ1n) is 3.76. The molecule has 0 aliphatic heterocycles. The quantitative estimate of drug-likeness (QED) is 0.724. The van der Waals surface area contributed by atoms with Crippen molar-refractivity contribution in [2.24, 2.45) is 0 Å². The van der Waals surface area contributed by atoms with Gasteiger partial charge in [-0.05, 0) is 6.07 Å². The molecule has 0 radical (unpaired) electrons. The second-order valence-corrected chi connectivity index (χ2v) is 2.58. The summed E-state index contributed by atoms with van der Waals surface area (Å²) in [4.78, 5) is 2.98. The zero-order valence-corrected chi connectivity index (χ0v) is 7.48. The molecule has 2 nitrogen and oxygen atoms in total. The lowest BCUT2D eigenvalue weighted by molar-refractivity contribution is -0.142. The summed E-state index contributed by atoms with van der Waals surface area (Å²) in [7, 11) is 0.887. The number of nitrogens with zero attached hydrogens (tertiary/aromatic N) is 1. The van der Waals surface area contributed by atoms with Crippen LogP contribution in [0.25, 0.3) is 0 Å². The Labute approximate surface area is 81.7 Å². The topological polar surface area (TPSA) is 22.1 Å². The summed E-state index contributed by atoms with van der Waals surface area (Å²) in [5.41, 5.74) is -2.26. The monoisotopic (exact) mass is 227 g/mol. The van der Waals surface area contributed by atoms with Gasteiger partial charge in [0.15, 0.2) is 11.4 Å². The molecule has 0 amide bonds. The number of aromatic nitrogens is 1. The van der Waals surface area contributed by atoms with Gasteiger partial charge in [-0.15, -0.1) is 0 Å². The minimum atomic E-state index is -4.81. The van der Waals surface area contributed by atoms with Crippen molar-refractivity contribution in [2.45, 2.75) is 12.6 Å². The highest BCUT2D eigenvalue weighted by Gasteiger charge is 2.38. The van der Waals surface area contributed by atoms with E-state index in [1.54, 1.807) is 0 Å². The molecule has 0 N–H and O–H groups in total. The predicted octanol–water partition coefficient (Wildman–Crippen LogP) is 3.05. The lowest BCUT2D eigenvalue weighted by Crippen LogP contribution is -2.11. The molecule has 1 heterocycles. The first-order valence-corrected chi connectivity index (χ1v) is 3.76. The number of hydrogen-bond acceptors (Lipinski definition) is 2. The fourth-order valence-corrected chi connectivity index (χ4v) is 1.05. The maximum atomic E-state index is 12.3. The predicted molar refractivity (Wildman–Crippen MR) is 40.7 cm³/mol. The van der Waals surface area contributed by atoms with Crippen LogP contribution in [0.2, 0.25) is 0 Å². The molecule has 0 bridgehead atoms. The number of halogens is 5. The molecule has 1 aromatic rings. The summed E-state index contributed by atoms with van der Waals surface area (Å²) in [6, 6.07) is 0.790. The van der Waals surface area contributed by atoms with E-state index in [-0.39, 0.29) is 0 Å². The van der Waals surface area contributed by atoms with E-state index in [0.717, 1.165) is 13.2 Å². The number of alkyl halides is 5. The molecule has 0 aliphatic rings. The average Bonchev–Trinajstić information content (AvgIpc) is 2.15. The SMILES string of the molecule is COc1c(C(F)F)ccnc1C(F)(F)F. The van der Waals surface area contributed by atoms with Gasteiger partial charge < -0.3 is 4.74 Å². The van der Waals surface area contributed by atoms with Gasteiger partial charge in [0.05, 0.1) is 12.7 Å². The van der Waals surface area contributed by atoms with Gasteiger partial charge in [-0.25, -0.2) is 13.8 Å². The van der Waals surface area contributed by atoms with Crippen molar-refractivity contribution in [3.05, 3.63) is 23.5 Å². The van der Waals surface area contributed by atoms with Crippen molar-refractivity contribution < 1.29 is 26.7 Å². The van der Waals surface area contributed by atoms with Crippen LogP contribution in [-0.4, -0.2) is 12.1 Å². The van der Waals surface area contributed by atoms with Gasteiger partial charge in [-0.2, -0.15) is 13.2 Å². The number of methoxy groups -OCH3 is 1. The molecule has 84 valence electrons. The Morgan fingerprint density at radius 2 is 1.93 bits per heavy atom. The van der Waals surface area contributed by atoms with E-state index in [1.165, 1.54) is 0 Å². The average molecular weight is 227 g/mol. The van der Waals surface area contributed by atoms with E-state index >= 15 is 0 Å². The van der Waals surface area contributed by atoms with Crippen LogP contribution < -0.4 is 4.74 Å². The van der Waals surface area contributed by atoms with E-state index in [1.807, 2.05) is 0 Å². The summed E-state index contributed by atoms with van der Waals surface area (Å²) in [6.07, 6.45) is -7.17. The van der Waals surface area contributed by atoms with E-state index in [9.17, 15) is 22.0 Å². The second-order valence-electron chi connectivity index (χ2n) is 2.58. The molecule has 0 spiro atoms. The smallest absolute Gasteiger partial charge is 0.437 e. The second kappa shape index (κ2) is 4.00. The number of rotatable bonds is 2. The minimum Gasteiger partial charge on any atom is -0.494 e. The van der Waals surface area contributed by atoms with Gasteiger partial charge in [0.25, 0.3) is 6.43 Å². The highest BCUT2D eigenvalue weighted by molar-refractivity contribution is 5.39. The summed E-state index contributed by atoms with van der Waals surface area (Å²) in [5, 5.41) is 0. The largest absolute Gasteiger partial charge is 0.494 e. The van der Waals surface area contributed by atoms with Crippen LogP contribution in [0.1, 0.15) is 17.7 Å². The Balaban J connectivity index is 3.35. The molecule has 7 heteroatoms. The lowest BCUT2D eigenvalue weighted by Gasteiger charge is -2.13. The summed E-state index contributed by atoms with van der Waals surface area (Å²) in [5.74, 6) is -0.931. The first kappa shape index (κ1) is 11.7. The summed E-state index contributed by atoms with van der Waals surface area (Å²) in [6.45, 7) is 0. The van der Waals surface area contributed by atoms with Crippen LogP contribution in [0, 0.1) is 0 Å². The Kier molecular flexibility index (Phi) is 3.11. The fraction of sp³-hybridized carbons (Fsp3) is 0.375. The summed E-state index contributed by atoms with van der Waals surface area (Å²) < 4.78 is 65.8. The third-order valence-corrected chi connectivity index (χ3v) is 1.64. The molecular formula is C8H6F5NO. The maximum Gasteiger partial charge on any atom is 0.437 e. The standard InChI is InChI=1S/C8H6F5NO/c1-15-5-4(7(9)10)2-3-14-6(5)8(11,12)13/h2-3,7H,1H3. The third-order valence-electron chi connectivity index (χ3n) is 1.64. The van der Waals surface area contributed by atoms with Gasteiger partial charge in [0.2, 0.25) is 0 Å². The van der Waals surface area contributed by atoms with Crippen LogP contribution in [0.3, 0.4) is 0 Å². The Morgan fingerprint density at radius 1 is 1.33 bits per heavy atom. The van der Waals surface area contributed by atoms with Gasteiger partial charge in [-0.3, -0.25) is 0 Å². The van der Waals surface area contributed by atoms with Crippen molar-refractivity contribution in [1.82, 2.24) is 4.98 Å². The van der Waals surface area contributed by atoms with Crippen molar-refractivity contribution in [2.75, 3.05) is 7.11 Å². The highest BCUT2D eigenvalue weighted by Crippen LogP contribution is 2.39. The van der Waals surface area contributed by atoms with Crippen LogP contribution >= 0.6 is 0 Å². The van der Waals surface area contributed by atoms with E-state index in [4.69, 9.17) is 0 Å². The van der Waals surface area contributed by atoms with Gasteiger partial charge in [0, 0.05) is 6.20 Å². The van der Waals surface area contributed by atoms with Crippen LogP contribution in [0.4, 0.5) is 22.0 Å². The summed E-state index contributed by atoms with van der Waals surface area (Å²) >= 11 is 0. The first-order chi connectivity index (χ1) is 6.88. The molecule has 0 atom stereocenters. The fourth-order valence-electron chi connectivity index (χ4n) is 1.05. The molecule has 0 fully saturated rings.